The predicted octanol–water partition coefficient (Wildman–Crippen LogP) is 2.05. The molecule has 0 aliphatic heterocycles. The Morgan fingerprint density at radius 1 is 1.11 bits per heavy atom. The summed E-state index contributed by atoms with van der Waals surface area (Å²) in [5, 5.41) is 0. The van der Waals surface area contributed by atoms with E-state index in [0.29, 0.717) is 11.3 Å². The zero-order valence-corrected chi connectivity index (χ0v) is 11.1. The van der Waals surface area contributed by atoms with E-state index in [4.69, 9.17) is 18.9 Å². The molecule has 0 heterocycles. The van der Waals surface area contributed by atoms with Crippen LogP contribution in [0.5, 0.6) is 5.75 Å². The fraction of sp³-hybridized carbons (Fsp3) is 0.462. The van der Waals surface area contributed by atoms with Crippen molar-refractivity contribution in [3.63, 3.8) is 0 Å². The molecule has 0 unspecified atom stereocenters. The van der Waals surface area contributed by atoms with E-state index in [9.17, 15) is 4.79 Å². The van der Waals surface area contributed by atoms with E-state index in [1.54, 1.807) is 6.07 Å². The number of hydrogen-bond donors (Lipinski definition) is 0. The Bertz CT molecular complexity index is 414. The maximum atomic E-state index is 11.9. The molecule has 5 heteroatoms. The lowest BCUT2D eigenvalue weighted by Gasteiger charge is -2.14. The summed E-state index contributed by atoms with van der Waals surface area (Å²) < 4.78 is 19.9. The van der Waals surface area contributed by atoms with Crippen LogP contribution in [0.15, 0.2) is 12.1 Å². The van der Waals surface area contributed by atoms with Gasteiger partial charge in [-0.05, 0) is 31.0 Å². The Balaban J connectivity index is 3.02. The van der Waals surface area contributed by atoms with Crippen LogP contribution in [0.3, 0.4) is 0 Å². The second kappa shape index (κ2) is 6.98. The number of rotatable bonds is 6. The lowest BCUT2D eigenvalue weighted by atomic mass is 10.1. The standard InChI is InChI=1S/C13H18O5/c1-9-5-10(2)12(17-7-15-3)11(6-9)13(14)18-8-16-4/h5-6H,7-8H2,1-4H3. The van der Waals surface area contributed by atoms with Gasteiger partial charge in [-0.3, -0.25) is 0 Å². The van der Waals surface area contributed by atoms with Crippen molar-refractivity contribution in [2.24, 2.45) is 0 Å². The number of aryl methyl sites for hydroxylation is 2. The molecule has 0 aliphatic rings. The average molecular weight is 254 g/mol. The maximum Gasteiger partial charge on any atom is 0.344 e. The van der Waals surface area contributed by atoms with Gasteiger partial charge in [0.25, 0.3) is 0 Å². The normalized spacial score (nSPS) is 10.2. The Morgan fingerprint density at radius 2 is 1.78 bits per heavy atom. The highest BCUT2D eigenvalue weighted by Gasteiger charge is 2.17. The molecular formula is C13H18O5. The third kappa shape index (κ3) is 3.72. The van der Waals surface area contributed by atoms with Crippen molar-refractivity contribution in [2.45, 2.75) is 13.8 Å². The Labute approximate surface area is 107 Å². The molecule has 0 aliphatic carbocycles. The number of benzene rings is 1. The monoisotopic (exact) mass is 254 g/mol. The van der Waals surface area contributed by atoms with Gasteiger partial charge in [-0.1, -0.05) is 6.07 Å². The van der Waals surface area contributed by atoms with Crippen molar-refractivity contribution >= 4 is 5.97 Å². The molecule has 0 radical (unpaired) electrons. The van der Waals surface area contributed by atoms with Crippen LogP contribution in [0, 0.1) is 13.8 Å². The van der Waals surface area contributed by atoms with Gasteiger partial charge in [0.15, 0.2) is 13.6 Å². The van der Waals surface area contributed by atoms with Gasteiger partial charge in [-0.25, -0.2) is 4.79 Å². The molecule has 0 fully saturated rings. The molecule has 0 atom stereocenters. The van der Waals surface area contributed by atoms with Crippen LogP contribution in [0.1, 0.15) is 21.5 Å². The second-order valence-electron chi connectivity index (χ2n) is 3.85. The lowest BCUT2D eigenvalue weighted by Crippen LogP contribution is -2.12. The van der Waals surface area contributed by atoms with Crippen LogP contribution in [-0.4, -0.2) is 33.8 Å². The third-order valence-electron chi connectivity index (χ3n) is 2.27. The fourth-order valence-electron chi connectivity index (χ4n) is 1.61. The fourth-order valence-corrected chi connectivity index (χ4v) is 1.61. The van der Waals surface area contributed by atoms with Crippen molar-refractivity contribution in [1.29, 1.82) is 0 Å². The quantitative estimate of drug-likeness (QED) is 0.574. The molecular weight excluding hydrogens is 236 g/mol. The first-order valence-corrected chi connectivity index (χ1v) is 5.49. The Hall–Kier alpha value is -1.59. The largest absolute Gasteiger partial charge is 0.466 e. The van der Waals surface area contributed by atoms with E-state index >= 15 is 0 Å². The average Bonchev–Trinajstić information content (AvgIpc) is 2.34. The molecule has 0 spiro atoms. The summed E-state index contributed by atoms with van der Waals surface area (Å²) in [6.07, 6.45) is 0. The van der Waals surface area contributed by atoms with Gasteiger partial charge in [0.2, 0.25) is 0 Å². The summed E-state index contributed by atoms with van der Waals surface area (Å²) in [5.74, 6) is -0.00157. The van der Waals surface area contributed by atoms with Crippen LogP contribution >= 0.6 is 0 Å². The summed E-state index contributed by atoms with van der Waals surface area (Å²) in [6, 6.07) is 3.65. The summed E-state index contributed by atoms with van der Waals surface area (Å²) in [4.78, 5) is 11.9. The first-order valence-electron chi connectivity index (χ1n) is 5.49. The van der Waals surface area contributed by atoms with Crippen molar-refractivity contribution < 1.29 is 23.7 Å². The first-order chi connectivity index (χ1) is 8.60. The molecule has 0 bridgehead atoms. The van der Waals surface area contributed by atoms with E-state index in [2.05, 4.69) is 0 Å². The Kier molecular flexibility index (Phi) is 5.61. The van der Waals surface area contributed by atoms with E-state index < -0.39 is 5.97 Å². The second-order valence-corrected chi connectivity index (χ2v) is 3.85. The molecule has 0 amide bonds. The van der Waals surface area contributed by atoms with Gasteiger partial charge in [0.1, 0.15) is 11.3 Å². The third-order valence-corrected chi connectivity index (χ3v) is 2.27. The van der Waals surface area contributed by atoms with Crippen LogP contribution in [0.4, 0.5) is 0 Å². The molecule has 0 saturated heterocycles. The molecule has 0 N–H and O–H groups in total. The SMILES string of the molecule is COCOC(=O)c1cc(C)cc(C)c1OCOC. The summed E-state index contributed by atoms with van der Waals surface area (Å²) in [7, 11) is 2.98. The van der Waals surface area contributed by atoms with E-state index in [0.717, 1.165) is 11.1 Å². The summed E-state index contributed by atoms with van der Waals surface area (Å²) in [5.41, 5.74) is 2.19. The van der Waals surface area contributed by atoms with Crippen LogP contribution in [0.2, 0.25) is 0 Å². The van der Waals surface area contributed by atoms with Crippen molar-refractivity contribution in [3.8, 4) is 5.75 Å². The summed E-state index contributed by atoms with van der Waals surface area (Å²) in [6.45, 7) is 3.76. The molecule has 0 aromatic heterocycles. The van der Waals surface area contributed by atoms with Gasteiger partial charge >= 0.3 is 5.97 Å². The topological polar surface area (TPSA) is 54.0 Å². The highest BCUT2D eigenvalue weighted by molar-refractivity contribution is 5.93. The minimum absolute atomic E-state index is 0.0778. The zero-order valence-electron chi connectivity index (χ0n) is 11.1. The van der Waals surface area contributed by atoms with Gasteiger partial charge < -0.3 is 18.9 Å². The van der Waals surface area contributed by atoms with Gasteiger partial charge in [-0.15, -0.1) is 0 Å². The number of hydrogen-bond acceptors (Lipinski definition) is 5. The number of esters is 1. The molecule has 1 aromatic rings. The zero-order chi connectivity index (χ0) is 13.5. The maximum absolute atomic E-state index is 11.9. The van der Waals surface area contributed by atoms with Crippen molar-refractivity contribution in [1.82, 2.24) is 0 Å². The number of carbonyl (C=O) groups excluding carboxylic acids is 1. The molecule has 1 aromatic carbocycles. The minimum atomic E-state index is -0.477. The predicted molar refractivity (Wildman–Crippen MR) is 65.7 cm³/mol. The number of methoxy groups -OCH3 is 2. The number of ether oxygens (including phenoxy) is 4. The molecule has 1 rings (SSSR count). The summed E-state index contributed by atoms with van der Waals surface area (Å²) >= 11 is 0. The van der Waals surface area contributed by atoms with Crippen LogP contribution < -0.4 is 4.74 Å². The van der Waals surface area contributed by atoms with Gasteiger partial charge in [-0.2, -0.15) is 0 Å². The van der Waals surface area contributed by atoms with Crippen molar-refractivity contribution in [3.05, 3.63) is 28.8 Å². The highest BCUT2D eigenvalue weighted by atomic mass is 16.7. The molecule has 0 saturated carbocycles. The van der Waals surface area contributed by atoms with Crippen LogP contribution in [0.25, 0.3) is 0 Å². The first kappa shape index (κ1) is 14.5. The van der Waals surface area contributed by atoms with Gasteiger partial charge in [0.05, 0.1) is 0 Å². The lowest BCUT2D eigenvalue weighted by molar-refractivity contribution is -0.0133. The van der Waals surface area contributed by atoms with Crippen LogP contribution in [-0.2, 0) is 14.2 Å². The molecule has 100 valence electrons. The molecule has 5 nitrogen and oxygen atoms in total. The minimum Gasteiger partial charge on any atom is -0.466 e. The highest BCUT2D eigenvalue weighted by Crippen LogP contribution is 2.26. The van der Waals surface area contributed by atoms with E-state index in [-0.39, 0.29) is 13.6 Å². The van der Waals surface area contributed by atoms with Gasteiger partial charge in [0, 0.05) is 14.2 Å². The number of carbonyl (C=O) groups is 1. The van der Waals surface area contributed by atoms with E-state index in [1.165, 1.54) is 14.2 Å². The van der Waals surface area contributed by atoms with E-state index in [1.807, 2.05) is 19.9 Å². The van der Waals surface area contributed by atoms with Crippen molar-refractivity contribution in [2.75, 3.05) is 27.8 Å². The Morgan fingerprint density at radius 3 is 2.39 bits per heavy atom. The molecule has 18 heavy (non-hydrogen) atoms. The smallest absolute Gasteiger partial charge is 0.344 e.